The summed E-state index contributed by atoms with van der Waals surface area (Å²) in [4.78, 5) is 4.12. The predicted molar refractivity (Wildman–Crippen MR) is 51.9 cm³/mol. The molecule has 1 N–H and O–H groups in total. The summed E-state index contributed by atoms with van der Waals surface area (Å²) in [5, 5.41) is 3.32. The molecule has 0 atom stereocenters. The lowest BCUT2D eigenvalue weighted by atomic mass is 9.89. The van der Waals surface area contributed by atoms with Crippen LogP contribution in [0.4, 0.5) is 0 Å². The molecule has 2 heterocycles. The number of hydrogen-bond acceptors (Lipinski definition) is 4. The molecule has 0 aromatic carbocycles. The summed E-state index contributed by atoms with van der Waals surface area (Å²) in [5.41, 5.74) is 0.307. The van der Waals surface area contributed by atoms with Crippen molar-refractivity contribution < 1.29 is 9.15 Å². The molecule has 0 saturated carbocycles. The Kier molecular flexibility index (Phi) is 2.56. The van der Waals surface area contributed by atoms with Crippen molar-refractivity contribution in [2.75, 3.05) is 19.8 Å². The Morgan fingerprint density at radius 2 is 2.36 bits per heavy atom. The van der Waals surface area contributed by atoms with Crippen molar-refractivity contribution in [1.82, 2.24) is 10.3 Å². The van der Waals surface area contributed by atoms with Gasteiger partial charge in [0.2, 0.25) is 5.89 Å². The van der Waals surface area contributed by atoms with E-state index in [1.54, 1.807) is 6.20 Å². The molecule has 4 heteroatoms. The molecule has 0 unspecified atom stereocenters. The third kappa shape index (κ3) is 2.13. The standard InChI is InChI=1S/C10H16N2O2/c1-8-3-12-9(14-8)4-11-5-10(2)6-13-7-10/h3,11H,4-7H2,1-2H3. The van der Waals surface area contributed by atoms with Crippen LogP contribution in [0.1, 0.15) is 18.6 Å². The summed E-state index contributed by atoms with van der Waals surface area (Å²) in [6, 6.07) is 0. The number of hydrogen-bond donors (Lipinski definition) is 1. The van der Waals surface area contributed by atoms with Gasteiger partial charge in [-0.3, -0.25) is 0 Å². The smallest absolute Gasteiger partial charge is 0.208 e. The van der Waals surface area contributed by atoms with E-state index >= 15 is 0 Å². The molecule has 0 bridgehead atoms. The number of rotatable bonds is 4. The highest BCUT2D eigenvalue weighted by molar-refractivity contribution is 4.91. The zero-order chi connectivity index (χ0) is 10.0. The Morgan fingerprint density at radius 3 is 2.86 bits per heavy atom. The second kappa shape index (κ2) is 3.71. The van der Waals surface area contributed by atoms with Crippen LogP contribution in [-0.4, -0.2) is 24.7 Å². The highest BCUT2D eigenvalue weighted by Gasteiger charge is 2.32. The van der Waals surface area contributed by atoms with Gasteiger partial charge < -0.3 is 14.5 Å². The van der Waals surface area contributed by atoms with E-state index < -0.39 is 0 Å². The van der Waals surface area contributed by atoms with Gasteiger partial charge in [-0.2, -0.15) is 0 Å². The molecule has 0 radical (unpaired) electrons. The molecule has 0 spiro atoms. The molecule has 14 heavy (non-hydrogen) atoms. The van der Waals surface area contributed by atoms with E-state index in [4.69, 9.17) is 9.15 Å². The van der Waals surface area contributed by atoms with Crippen molar-refractivity contribution in [3.63, 3.8) is 0 Å². The van der Waals surface area contributed by atoms with Gasteiger partial charge in [0.05, 0.1) is 26.0 Å². The normalized spacial score (nSPS) is 19.3. The van der Waals surface area contributed by atoms with Gasteiger partial charge in [0, 0.05) is 12.0 Å². The van der Waals surface area contributed by atoms with Crippen molar-refractivity contribution in [2.45, 2.75) is 20.4 Å². The first-order valence-electron chi connectivity index (χ1n) is 4.88. The molecule has 1 fully saturated rings. The van der Waals surface area contributed by atoms with Crippen LogP contribution >= 0.6 is 0 Å². The van der Waals surface area contributed by atoms with Gasteiger partial charge in [0.25, 0.3) is 0 Å². The Hall–Kier alpha value is -0.870. The summed E-state index contributed by atoms with van der Waals surface area (Å²) < 4.78 is 10.5. The van der Waals surface area contributed by atoms with Crippen LogP contribution in [0.5, 0.6) is 0 Å². The fraction of sp³-hybridized carbons (Fsp3) is 0.700. The minimum absolute atomic E-state index is 0.307. The van der Waals surface area contributed by atoms with Gasteiger partial charge >= 0.3 is 0 Å². The van der Waals surface area contributed by atoms with E-state index in [0.29, 0.717) is 12.0 Å². The largest absolute Gasteiger partial charge is 0.445 e. The van der Waals surface area contributed by atoms with Crippen molar-refractivity contribution in [3.05, 3.63) is 17.8 Å². The van der Waals surface area contributed by atoms with E-state index in [9.17, 15) is 0 Å². The third-order valence-electron chi connectivity index (χ3n) is 2.40. The summed E-state index contributed by atoms with van der Waals surface area (Å²) in [6.07, 6.45) is 1.74. The zero-order valence-electron chi connectivity index (χ0n) is 8.67. The minimum Gasteiger partial charge on any atom is -0.445 e. The monoisotopic (exact) mass is 196 g/mol. The number of aromatic nitrogens is 1. The molecule has 1 aliphatic heterocycles. The number of aryl methyl sites for hydroxylation is 1. The first-order chi connectivity index (χ1) is 6.68. The van der Waals surface area contributed by atoms with Crippen LogP contribution in [-0.2, 0) is 11.3 Å². The quantitative estimate of drug-likeness (QED) is 0.783. The van der Waals surface area contributed by atoms with E-state index in [2.05, 4.69) is 17.2 Å². The lowest BCUT2D eigenvalue weighted by Gasteiger charge is -2.38. The topological polar surface area (TPSA) is 47.3 Å². The molecule has 1 saturated heterocycles. The van der Waals surface area contributed by atoms with E-state index in [0.717, 1.165) is 31.4 Å². The third-order valence-corrected chi connectivity index (χ3v) is 2.40. The van der Waals surface area contributed by atoms with Crippen molar-refractivity contribution >= 4 is 0 Å². The van der Waals surface area contributed by atoms with Gasteiger partial charge in [-0.25, -0.2) is 4.98 Å². The molecule has 1 aromatic rings. The number of ether oxygens (including phenoxy) is 1. The molecular weight excluding hydrogens is 180 g/mol. The highest BCUT2D eigenvalue weighted by Crippen LogP contribution is 2.25. The summed E-state index contributed by atoms with van der Waals surface area (Å²) in [7, 11) is 0. The summed E-state index contributed by atoms with van der Waals surface area (Å²) >= 11 is 0. The fourth-order valence-electron chi connectivity index (χ4n) is 1.51. The first kappa shape index (κ1) is 9.68. The molecule has 0 amide bonds. The van der Waals surface area contributed by atoms with Crippen LogP contribution in [0.15, 0.2) is 10.6 Å². The molecule has 1 aliphatic rings. The number of oxazole rings is 1. The Bertz CT molecular complexity index is 305. The summed E-state index contributed by atoms with van der Waals surface area (Å²) in [5.74, 6) is 1.62. The first-order valence-corrected chi connectivity index (χ1v) is 4.88. The van der Waals surface area contributed by atoms with E-state index in [1.807, 2.05) is 6.92 Å². The maximum atomic E-state index is 5.35. The Morgan fingerprint density at radius 1 is 1.57 bits per heavy atom. The average Bonchev–Trinajstić information content (AvgIpc) is 2.49. The van der Waals surface area contributed by atoms with Gasteiger partial charge in [-0.15, -0.1) is 0 Å². The van der Waals surface area contributed by atoms with Gasteiger partial charge in [0.1, 0.15) is 5.76 Å². The van der Waals surface area contributed by atoms with Crippen LogP contribution in [0.2, 0.25) is 0 Å². The maximum Gasteiger partial charge on any atom is 0.208 e. The van der Waals surface area contributed by atoms with Crippen molar-refractivity contribution in [1.29, 1.82) is 0 Å². The van der Waals surface area contributed by atoms with Crippen LogP contribution in [0, 0.1) is 12.3 Å². The molecule has 2 rings (SSSR count). The SMILES string of the molecule is Cc1cnc(CNCC2(C)COC2)o1. The second-order valence-electron chi connectivity index (χ2n) is 4.27. The number of nitrogens with one attached hydrogen (secondary N) is 1. The zero-order valence-corrected chi connectivity index (χ0v) is 8.67. The number of nitrogens with zero attached hydrogens (tertiary/aromatic N) is 1. The lowest BCUT2D eigenvalue weighted by molar-refractivity contribution is -0.0993. The molecule has 1 aromatic heterocycles. The molecule has 0 aliphatic carbocycles. The predicted octanol–water partition coefficient (Wildman–Crippen LogP) is 1.11. The second-order valence-corrected chi connectivity index (χ2v) is 4.27. The van der Waals surface area contributed by atoms with Crippen LogP contribution < -0.4 is 5.32 Å². The minimum atomic E-state index is 0.307. The van der Waals surface area contributed by atoms with Gasteiger partial charge in [0.15, 0.2) is 0 Å². The van der Waals surface area contributed by atoms with E-state index in [-0.39, 0.29) is 0 Å². The summed E-state index contributed by atoms with van der Waals surface area (Å²) in [6.45, 7) is 7.47. The van der Waals surface area contributed by atoms with E-state index in [1.165, 1.54) is 0 Å². The molecule has 78 valence electrons. The Labute approximate surface area is 83.7 Å². The van der Waals surface area contributed by atoms with Crippen LogP contribution in [0.3, 0.4) is 0 Å². The van der Waals surface area contributed by atoms with Crippen molar-refractivity contribution in [3.8, 4) is 0 Å². The maximum absolute atomic E-state index is 5.35. The molecule has 4 nitrogen and oxygen atoms in total. The average molecular weight is 196 g/mol. The molecular formula is C10H16N2O2. The van der Waals surface area contributed by atoms with Gasteiger partial charge in [-0.1, -0.05) is 6.92 Å². The van der Waals surface area contributed by atoms with Gasteiger partial charge in [-0.05, 0) is 6.92 Å². The Balaban J connectivity index is 1.72. The van der Waals surface area contributed by atoms with Crippen LogP contribution in [0.25, 0.3) is 0 Å². The fourth-order valence-corrected chi connectivity index (χ4v) is 1.51. The van der Waals surface area contributed by atoms with Crippen molar-refractivity contribution in [2.24, 2.45) is 5.41 Å². The highest BCUT2D eigenvalue weighted by atomic mass is 16.5. The lowest BCUT2D eigenvalue weighted by Crippen LogP contribution is -2.47.